The molecule has 0 aliphatic rings. The van der Waals surface area contributed by atoms with Crippen LogP contribution in [-0.4, -0.2) is 9.97 Å². The smallest absolute Gasteiger partial charge is 0.124 e. The number of benzene rings is 6. The van der Waals surface area contributed by atoms with Gasteiger partial charge in [0.2, 0.25) is 0 Å². The van der Waals surface area contributed by atoms with E-state index in [9.17, 15) is 0 Å². The Balaban J connectivity index is 1.25. The number of para-hydroxylation sites is 2. The molecule has 0 saturated heterocycles. The monoisotopic (exact) mass is 514 g/mol. The number of hydrogen-bond donors (Lipinski definition) is 0. The Labute approximate surface area is 229 Å². The fourth-order valence-electron chi connectivity index (χ4n) is 5.59. The third kappa shape index (κ3) is 3.70. The van der Waals surface area contributed by atoms with Crippen molar-refractivity contribution in [3.05, 3.63) is 133 Å². The van der Waals surface area contributed by atoms with Gasteiger partial charge >= 0.3 is 0 Å². The molecule has 2 heterocycles. The van der Waals surface area contributed by atoms with Crippen LogP contribution < -0.4 is 0 Å². The Morgan fingerprint density at radius 2 is 1.15 bits per heavy atom. The van der Waals surface area contributed by atoms with Crippen molar-refractivity contribution in [2.75, 3.05) is 0 Å². The van der Waals surface area contributed by atoms with E-state index in [1.807, 2.05) is 6.07 Å². The number of fused-ring (bicyclic) bond motifs is 6. The molecule has 0 aliphatic carbocycles. The fraction of sp³-hybridized carbons (Fsp3) is 0. The van der Waals surface area contributed by atoms with Gasteiger partial charge in [0.25, 0.3) is 0 Å². The maximum atomic E-state index is 5.18. The first-order valence-electron chi connectivity index (χ1n) is 13.1. The summed E-state index contributed by atoms with van der Waals surface area (Å²) in [6.07, 6.45) is 0. The van der Waals surface area contributed by atoms with E-state index in [0.29, 0.717) is 0 Å². The molecule has 0 spiro atoms. The van der Waals surface area contributed by atoms with Crippen molar-refractivity contribution in [2.45, 2.75) is 0 Å². The largest absolute Gasteiger partial charge is 0.247 e. The minimum absolute atomic E-state index is 1.02. The molecule has 39 heavy (non-hydrogen) atoms. The van der Waals surface area contributed by atoms with Gasteiger partial charge in [-0.15, -0.1) is 11.3 Å². The van der Waals surface area contributed by atoms with Crippen LogP contribution in [0.5, 0.6) is 0 Å². The predicted octanol–water partition coefficient (Wildman–Crippen LogP) is 10.2. The standard InChI is InChI=1S/C36H22N2S/c1-2-11-28-24(8-1)20-21-30-34(28)29-12-3-4-13-31(29)37-35(30)27-10-7-9-26(22-27)23-16-18-25(19-17-23)36-38-32-14-5-6-15-33(32)39-36/h1-22H. The average Bonchev–Trinajstić information content (AvgIpc) is 3.45. The molecule has 0 saturated carbocycles. The summed E-state index contributed by atoms with van der Waals surface area (Å²) in [5, 5.41) is 7.19. The summed E-state index contributed by atoms with van der Waals surface area (Å²) in [6.45, 7) is 0. The summed E-state index contributed by atoms with van der Waals surface area (Å²) in [4.78, 5) is 10.0. The Morgan fingerprint density at radius 3 is 2.03 bits per heavy atom. The molecule has 8 rings (SSSR count). The maximum absolute atomic E-state index is 5.18. The number of rotatable bonds is 3. The van der Waals surface area contributed by atoms with Crippen LogP contribution in [0.2, 0.25) is 0 Å². The Kier molecular flexibility index (Phi) is 5.04. The summed E-state index contributed by atoms with van der Waals surface area (Å²) in [6, 6.07) is 47.3. The van der Waals surface area contributed by atoms with E-state index in [4.69, 9.17) is 9.97 Å². The molecule has 0 amide bonds. The van der Waals surface area contributed by atoms with Crippen LogP contribution in [0.1, 0.15) is 0 Å². The lowest BCUT2D eigenvalue weighted by Crippen LogP contribution is -1.91. The molecule has 3 heteroatoms. The van der Waals surface area contributed by atoms with Gasteiger partial charge in [-0.25, -0.2) is 9.97 Å². The molecule has 0 radical (unpaired) electrons. The molecule has 6 aromatic carbocycles. The van der Waals surface area contributed by atoms with Crippen LogP contribution in [0.4, 0.5) is 0 Å². The van der Waals surface area contributed by atoms with E-state index in [0.717, 1.165) is 32.9 Å². The van der Waals surface area contributed by atoms with Gasteiger partial charge in [0.1, 0.15) is 5.01 Å². The normalized spacial score (nSPS) is 11.6. The van der Waals surface area contributed by atoms with Gasteiger partial charge < -0.3 is 0 Å². The van der Waals surface area contributed by atoms with Crippen molar-refractivity contribution < 1.29 is 0 Å². The highest BCUT2D eigenvalue weighted by molar-refractivity contribution is 7.21. The summed E-state index contributed by atoms with van der Waals surface area (Å²) >= 11 is 1.74. The third-order valence-electron chi connectivity index (χ3n) is 7.48. The second kappa shape index (κ2) is 8.87. The predicted molar refractivity (Wildman–Crippen MR) is 166 cm³/mol. The van der Waals surface area contributed by atoms with Crippen LogP contribution in [-0.2, 0) is 0 Å². The number of aromatic nitrogens is 2. The minimum Gasteiger partial charge on any atom is -0.247 e. The first-order chi connectivity index (χ1) is 19.3. The summed E-state index contributed by atoms with van der Waals surface area (Å²) in [7, 11) is 0. The zero-order chi connectivity index (χ0) is 25.8. The highest BCUT2D eigenvalue weighted by Gasteiger charge is 2.14. The minimum atomic E-state index is 1.02. The molecule has 0 aliphatic heterocycles. The molecule has 0 bridgehead atoms. The van der Waals surface area contributed by atoms with Crippen molar-refractivity contribution in [3.8, 4) is 33.0 Å². The first kappa shape index (κ1) is 22.2. The summed E-state index contributed by atoms with van der Waals surface area (Å²) in [5.74, 6) is 0. The van der Waals surface area contributed by atoms with E-state index in [-0.39, 0.29) is 0 Å². The molecular formula is C36H22N2S. The topological polar surface area (TPSA) is 25.8 Å². The van der Waals surface area contributed by atoms with Gasteiger partial charge in [-0.1, -0.05) is 109 Å². The van der Waals surface area contributed by atoms with E-state index in [1.165, 1.54) is 42.8 Å². The van der Waals surface area contributed by atoms with Crippen LogP contribution in [0.3, 0.4) is 0 Å². The summed E-state index contributed by atoms with van der Waals surface area (Å²) < 4.78 is 1.21. The zero-order valence-electron chi connectivity index (χ0n) is 21.0. The molecule has 8 aromatic rings. The highest BCUT2D eigenvalue weighted by atomic mass is 32.1. The second-order valence-corrected chi connectivity index (χ2v) is 10.9. The van der Waals surface area contributed by atoms with E-state index in [2.05, 4.69) is 127 Å². The molecule has 2 nitrogen and oxygen atoms in total. The van der Waals surface area contributed by atoms with Crippen molar-refractivity contribution in [3.63, 3.8) is 0 Å². The SMILES string of the molecule is c1cc(-c2ccc(-c3nc4ccccc4s3)cc2)cc(-c2nc3ccccc3c3c2ccc2ccccc23)c1. The Hall–Kier alpha value is -4.86. The van der Waals surface area contributed by atoms with Gasteiger partial charge in [-0.3, -0.25) is 0 Å². The number of pyridine rings is 1. The third-order valence-corrected chi connectivity index (χ3v) is 8.57. The molecule has 182 valence electrons. The first-order valence-corrected chi connectivity index (χ1v) is 13.9. The van der Waals surface area contributed by atoms with E-state index >= 15 is 0 Å². The van der Waals surface area contributed by atoms with Gasteiger partial charge in [0.05, 0.1) is 21.4 Å². The van der Waals surface area contributed by atoms with Gasteiger partial charge in [0.15, 0.2) is 0 Å². The van der Waals surface area contributed by atoms with Crippen LogP contribution in [0.15, 0.2) is 133 Å². The molecule has 0 fully saturated rings. The number of nitrogens with zero attached hydrogens (tertiary/aromatic N) is 2. The molecular weight excluding hydrogens is 492 g/mol. The van der Waals surface area contributed by atoms with Crippen LogP contribution in [0.25, 0.3) is 75.6 Å². The Morgan fingerprint density at radius 1 is 0.436 bits per heavy atom. The van der Waals surface area contributed by atoms with Gasteiger partial charge in [-0.2, -0.15) is 0 Å². The van der Waals surface area contributed by atoms with Gasteiger partial charge in [0, 0.05) is 27.3 Å². The quantitative estimate of drug-likeness (QED) is 0.219. The molecule has 0 atom stereocenters. The van der Waals surface area contributed by atoms with Crippen LogP contribution >= 0.6 is 11.3 Å². The van der Waals surface area contributed by atoms with Crippen molar-refractivity contribution >= 4 is 54.0 Å². The average molecular weight is 515 g/mol. The molecule has 0 unspecified atom stereocenters. The second-order valence-electron chi connectivity index (χ2n) is 9.83. The lowest BCUT2D eigenvalue weighted by molar-refractivity contribution is 1.43. The van der Waals surface area contributed by atoms with E-state index in [1.54, 1.807) is 11.3 Å². The molecule has 2 aromatic heterocycles. The lowest BCUT2D eigenvalue weighted by Gasteiger charge is -2.13. The van der Waals surface area contributed by atoms with Crippen LogP contribution in [0, 0.1) is 0 Å². The maximum Gasteiger partial charge on any atom is 0.124 e. The van der Waals surface area contributed by atoms with Crippen molar-refractivity contribution in [1.29, 1.82) is 0 Å². The zero-order valence-corrected chi connectivity index (χ0v) is 21.8. The number of hydrogen-bond acceptors (Lipinski definition) is 3. The molecule has 0 N–H and O–H groups in total. The highest BCUT2D eigenvalue weighted by Crippen LogP contribution is 2.38. The van der Waals surface area contributed by atoms with E-state index < -0.39 is 0 Å². The summed E-state index contributed by atoms with van der Waals surface area (Å²) in [5.41, 5.74) is 7.70. The lowest BCUT2D eigenvalue weighted by atomic mass is 9.94. The van der Waals surface area contributed by atoms with Gasteiger partial charge in [-0.05, 0) is 46.2 Å². The van der Waals surface area contributed by atoms with Crippen molar-refractivity contribution in [1.82, 2.24) is 9.97 Å². The van der Waals surface area contributed by atoms with Crippen molar-refractivity contribution in [2.24, 2.45) is 0 Å². The number of thiazole rings is 1. The fourth-order valence-corrected chi connectivity index (χ4v) is 6.56. The Bertz CT molecular complexity index is 2130.